The molecule has 0 amide bonds. The third-order valence-corrected chi connectivity index (χ3v) is 6.87. The predicted molar refractivity (Wildman–Crippen MR) is 78.3 cm³/mol. The Kier molecular flexibility index (Phi) is 3.07. The summed E-state index contributed by atoms with van der Waals surface area (Å²) >= 11 is 0. The predicted octanol–water partition coefficient (Wildman–Crippen LogP) is 5.38. The molecule has 0 N–H and O–H groups in total. The molecular weight excluding hydrogens is 216 g/mol. The molecule has 0 aromatic rings. The Labute approximate surface area is 114 Å². The van der Waals surface area contributed by atoms with E-state index in [0.29, 0.717) is 5.41 Å². The van der Waals surface area contributed by atoms with Gasteiger partial charge in [0.1, 0.15) is 0 Å². The summed E-state index contributed by atoms with van der Waals surface area (Å²) < 4.78 is 0. The van der Waals surface area contributed by atoms with Crippen LogP contribution in [0, 0.1) is 46.8 Å². The van der Waals surface area contributed by atoms with Crippen LogP contribution in [0.15, 0.2) is 0 Å². The fourth-order valence-electron chi connectivity index (χ4n) is 5.06. The maximum Gasteiger partial charge on any atom is -0.0324 e. The van der Waals surface area contributed by atoms with Crippen molar-refractivity contribution >= 4 is 0 Å². The first kappa shape index (κ1) is 13.0. The Bertz CT molecular complexity index is 312. The van der Waals surface area contributed by atoms with Crippen LogP contribution in [-0.4, -0.2) is 0 Å². The Hall–Kier alpha value is 0. The second-order valence-corrected chi connectivity index (χ2v) is 8.76. The first-order valence-corrected chi connectivity index (χ1v) is 8.40. The van der Waals surface area contributed by atoms with Crippen LogP contribution < -0.4 is 0 Å². The molecule has 0 aromatic heterocycles. The summed E-state index contributed by atoms with van der Waals surface area (Å²) in [6.45, 7) is 12.5. The van der Waals surface area contributed by atoms with Gasteiger partial charge < -0.3 is 0 Å². The molecule has 3 aliphatic carbocycles. The van der Waals surface area contributed by atoms with E-state index in [1.807, 2.05) is 0 Å². The Morgan fingerprint density at radius 2 is 1.44 bits per heavy atom. The average Bonchev–Trinajstić information content (AvgIpc) is 3.14. The molecule has 0 heterocycles. The van der Waals surface area contributed by atoms with Gasteiger partial charge >= 0.3 is 0 Å². The van der Waals surface area contributed by atoms with Gasteiger partial charge in [0.05, 0.1) is 0 Å². The fourth-order valence-corrected chi connectivity index (χ4v) is 5.06. The minimum atomic E-state index is 0.583. The first-order chi connectivity index (χ1) is 8.40. The Balaban J connectivity index is 1.74. The molecule has 0 saturated heterocycles. The van der Waals surface area contributed by atoms with Gasteiger partial charge in [0, 0.05) is 0 Å². The quantitative estimate of drug-likeness (QED) is 0.629. The minimum absolute atomic E-state index is 0.583. The highest BCUT2D eigenvalue weighted by Gasteiger charge is 2.52. The molecule has 6 atom stereocenters. The molecule has 3 rings (SSSR count). The summed E-state index contributed by atoms with van der Waals surface area (Å²) in [5.41, 5.74) is 0.583. The van der Waals surface area contributed by atoms with Crippen LogP contribution in [0.4, 0.5) is 0 Å². The van der Waals surface area contributed by atoms with Crippen molar-refractivity contribution in [1.82, 2.24) is 0 Å². The van der Waals surface area contributed by atoms with Crippen LogP contribution in [0.2, 0.25) is 0 Å². The van der Waals surface area contributed by atoms with Crippen molar-refractivity contribution < 1.29 is 0 Å². The fraction of sp³-hybridized carbons (Fsp3) is 1.00. The third-order valence-electron chi connectivity index (χ3n) is 6.87. The monoisotopic (exact) mass is 248 g/mol. The highest BCUT2D eigenvalue weighted by molar-refractivity contribution is 5.01. The molecule has 3 aliphatic rings. The van der Waals surface area contributed by atoms with Gasteiger partial charge in [-0.2, -0.15) is 0 Å². The van der Waals surface area contributed by atoms with E-state index in [-0.39, 0.29) is 0 Å². The maximum atomic E-state index is 2.56. The van der Waals surface area contributed by atoms with Crippen molar-refractivity contribution in [3.05, 3.63) is 0 Å². The SMILES string of the molecule is CC1CC(C)(C)C(C)CC1C(C1CC1)[C@H]1CC1C. The van der Waals surface area contributed by atoms with Gasteiger partial charge in [-0.3, -0.25) is 0 Å². The van der Waals surface area contributed by atoms with Gasteiger partial charge in [-0.1, -0.05) is 34.6 Å². The van der Waals surface area contributed by atoms with Crippen molar-refractivity contribution in [2.24, 2.45) is 46.8 Å². The van der Waals surface area contributed by atoms with Crippen LogP contribution in [0.1, 0.15) is 66.7 Å². The molecule has 0 spiro atoms. The molecule has 18 heavy (non-hydrogen) atoms. The van der Waals surface area contributed by atoms with Gasteiger partial charge in [-0.15, -0.1) is 0 Å². The second-order valence-electron chi connectivity index (χ2n) is 8.76. The van der Waals surface area contributed by atoms with E-state index >= 15 is 0 Å². The molecule has 104 valence electrons. The second kappa shape index (κ2) is 4.25. The van der Waals surface area contributed by atoms with Crippen molar-refractivity contribution in [2.75, 3.05) is 0 Å². The molecular formula is C18H32. The van der Waals surface area contributed by atoms with Crippen molar-refractivity contribution in [2.45, 2.75) is 66.7 Å². The van der Waals surface area contributed by atoms with Crippen molar-refractivity contribution in [3.8, 4) is 0 Å². The maximum absolute atomic E-state index is 2.56. The summed E-state index contributed by atoms with van der Waals surface area (Å²) in [5, 5.41) is 0. The Morgan fingerprint density at radius 1 is 0.889 bits per heavy atom. The standard InChI is InChI=1S/C18H32/c1-11-8-15(11)17(14-6-7-14)16-9-13(3)18(4,5)10-12(16)2/h11-17H,6-10H2,1-5H3/t11?,12?,13?,15-,16?,17?/m0/s1. The van der Waals surface area contributed by atoms with Gasteiger partial charge in [-0.25, -0.2) is 0 Å². The van der Waals surface area contributed by atoms with E-state index in [1.54, 1.807) is 19.3 Å². The molecule has 3 fully saturated rings. The summed E-state index contributed by atoms with van der Waals surface area (Å²) in [5.74, 6) is 7.33. The summed E-state index contributed by atoms with van der Waals surface area (Å²) in [6, 6.07) is 0. The molecule has 0 bridgehead atoms. The summed E-state index contributed by atoms with van der Waals surface area (Å²) in [7, 11) is 0. The number of rotatable bonds is 3. The van der Waals surface area contributed by atoms with Gasteiger partial charge in [-0.05, 0) is 78.9 Å². The minimum Gasteiger partial charge on any atom is -0.0622 e. The zero-order valence-corrected chi connectivity index (χ0v) is 13.1. The zero-order valence-electron chi connectivity index (χ0n) is 13.1. The zero-order chi connectivity index (χ0) is 13.1. The largest absolute Gasteiger partial charge is 0.0622 e. The lowest BCUT2D eigenvalue weighted by Crippen LogP contribution is -2.39. The van der Waals surface area contributed by atoms with E-state index in [4.69, 9.17) is 0 Å². The van der Waals surface area contributed by atoms with E-state index in [9.17, 15) is 0 Å². The number of hydrogen-bond acceptors (Lipinski definition) is 0. The Morgan fingerprint density at radius 3 is 1.94 bits per heavy atom. The van der Waals surface area contributed by atoms with E-state index in [1.165, 1.54) is 12.8 Å². The average molecular weight is 248 g/mol. The van der Waals surface area contributed by atoms with Crippen LogP contribution in [0.3, 0.4) is 0 Å². The van der Waals surface area contributed by atoms with E-state index < -0.39 is 0 Å². The van der Waals surface area contributed by atoms with Crippen LogP contribution in [-0.2, 0) is 0 Å². The van der Waals surface area contributed by atoms with Gasteiger partial charge in [0.2, 0.25) is 0 Å². The van der Waals surface area contributed by atoms with Gasteiger partial charge in [0.25, 0.3) is 0 Å². The lowest BCUT2D eigenvalue weighted by atomic mass is 9.58. The molecule has 0 radical (unpaired) electrons. The van der Waals surface area contributed by atoms with Crippen molar-refractivity contribution in [3.63, 3.8) is 0 Å². The highest BCUT2D eigenvalue weighted by Crippen LogP contribution is 2.60. The lowest BCUT2D eigenvalue weighted by Gasteiger charge is -2.47. The summed E-state index contributed by atoms with van der Waals surface area (Å²) in [6.07, 6.45) is 7.62. The van der Waals surface area contributed by atoms with Crippen molar-refractivity contribution in [1.29, 1.82) is 0 Å². The van der Waals surface area contributed by atoms with Crippen LogP contribution >= 0.6 is 0 Å². The smallest absolute Gasteiger partial charge is 0.0324 e. The first-order valence-electron chi connectivity index (χ1n) is 8.40. The summed E-state index contributed by atoms with van der Waals surface area (Å²) in [4.78, 5) is 0. The molecule has 0 nitrogen and oxygen atoms in total. The molecule has 0 aliphatic heterocycles. The highest BCUT2D eigenvalue weighted by atomic mass is 14.6. The third kappa shape index (κ3) is 2.25. The normalized spacial score (nSPS) is 48.8. The van der Waals surface area contributed by atoms with E-state index in [0.717, 1.165) is 41.4 Å². The molecule has 0 aromatic carbocycles. The lowest BCUT2D eigenvalue weighted by molar-refractivity contribution is 0.0219. The van der Waals surface area contributed by atoms with Crippen LogP contribution in [0.25, 0.3) is 0 Å². The van der Waals surface area contributed by atoms with Gasteiger partial charge in [0.15, 0.2) is 0 Å². The topological polar surface area (TPSA) is 0 Å². The number of hydrogen-bond donors (Lipinski definition) is 0. The molecule has 3 saturated carbocycles. The van der Waals surface area contributed by atoms with E-state index in [2.05, 4.69) is 34.6 Å². The molecule has 0 heteroatoms. The molecule has 5 unspecified atom stereocenters. The van der Waals surface area contributed by atoms with Crippen LogP contribution in [0.5, 0.6) is 0 Å².